The van der Waals surface area contributed by atoms with E-state index in [1.54, 1.807) is 11.0 Å². The number of carbonyl (C=O) groups is 2. The molecule has 0 aliphatic carbocycles. The zero-order valence-electron chi connectivity index (χ0n) is 16.8. The molecule has 0 unspecified atom stereocenters. The lowest BCUT2D eigenvalue weighted by Crippen LogP contribution is -2.45. The highest BCUT2D eigenvalue weighted by Crippen LogP contribution is 2.39. The van der Waals surface area contributed by atoms with Crippen LogP contribution in [0, 0.1) is 0 Å². The number of nitrogens with zero attached hydrogens (tertiary/aromatic N) is 1. The van der Waals surface area contributed by atoms with Gasteiger partial charge in [-0.25, -0.2) is 9.59 Å². The van der Waals surface area contributed by atoms with Crippen LogP contribution in [-0.4, -0.2) is 54.7 Å². The van der Waals surface area contributed by atoms with Crippen LogP contribution < -0.4 is 0 Å². The number of hydrogen-bond acceptors (Lipinski definition) is 4. The van der Waals surface area contributed by atoms with Crippen LogP contribution in [0.4, 0.5) is 4.79 Å². The van der Waals surface area contributed by atoms with E-state index in [0.717, 1.165) is 6.08 Å². The molecule has 144 valence electrons. The lowest BCUT2D eigenvalue weighted by Gasteiger charge is -2.38. The minimum Gasteiger partial charge on any atom is -0.478 e. The summed E-state index contributed by atoms with van der Waals surface area (Å²) < 4.78 is 11.9. The highest BCUT2D eigenvalue weighted by Gasteiger charge is 2.43. The first-order valence-electron chi connectivity index (χ1n) is 8.71. The van der Waals surface area contributed by atoms with Crippen LogP contribution in [0.15, 0.2) is 12.2 Å². The summed E-state index contributed by atoms with van der Waals surface area (Å²) in [7, 11) is -1.97. The Morgan fingerprint density at radius 1 is 1.16 bits per heavy atom. The van der Waals surface area contributed by atoms with E-state index in [4.69, 9.17) is 14.3 Å². The van der Waals surface area contributed by atoms with Crippen molar-refractivity contribution in [3.05, 3.63) is 12.2 Å². The number of aliphatic carboxylic acids is 1. The second-order valence-corrected chi connectivity index (χ2v) is 13.9. The van der Waals surface area contributed by atoms with E-state index in [-0.39, 0.29) is 17.2 Å². The smallest absolute Gasteiger partial charge is 0.410 e. The maximum atomic E-state index is 12.5. The van der Waals surface area contributed by atoms with Crippen molar-refractivity contribution in [3.8, 4) is 0 Å². The molecule has 1 saturated heterocycles. The van der Waals surface area contributed by atoms with Crippen LogP contribution in [0.3, 0.4) is 0 Å². The van der Waals surface area contributed by atoms with Gasteiger partial charge in [0, 0.05) is 12.6 Å². The fourth-order valence-electron chi connectivity index (χ4n) is 2.41. The summed E-state index contributed by atoms with van der Waals surface area (Å²) in [6, 6.07) is -0.333. The van der Waals surface area contributed by atoms with Gasteiger partial charge in [-0.05, 0) is 45.3 Å². The molecule has 1 amide bonds. The zero-order valence-corrected chi connectivity index (χ0v) is 17.8. The molecule has 0 aromatic heterocycles. The number of hydrogen-bond donors (Lipinski definition) is 1. The summed E-state index contributed by atoms with van der Waals surface area (Å²) in [6.07, 6.45) is 2.65. The quantitative estimate of drug-likeness (QED) is 0.596. The molecule has 6 nitrogen and oxygen atoms in total. The molecule has 25 heavy (non-hydrogen) atoms. The number of carbonyl (C=O) groups excluding carboxylic acids is 1. The predicted molar refractivity (Wildman–Crippen MR) is 100 cm³/mol. The molecule has 1 aliphatic rings. The molecule has 2 atom stereocenters. The van der Waals surface area contributed by atoms with Gasteiger partial charge in [-0.15, -0.1) is 0 Å². The van der Waals surface area contributed by atoms with Crippen LogP contribution in [-0.2, 0) is 14.0 Å². The lowest BCUT2D eigenvalue weighted by atomic mass is 10.2. The Balaban J connectivity index is 2.94. The predicted octanol–water partition coefficient (Wildman–Crippen LogP) is 4.03. The summed E-state index contributed by atoms with van der Waals surface area (Å²) in [6.45, 7) is 16.7. The summed E-state index contributed by atoms with van der Waals surface area (Å²) in [5.41, 5.74) is -0.601. The van der Waals surface area contributed by atoms with Crippen LogP contribution in [0.5, 0.6) is 0 Å². The lowest BCUT2D eigenvalue weighted by molar-refractivity contribution is -0.131. The largest absolute Gasteiger partial charge is 0.478 e. The Morgan fingerprint density at radius 2 is 1.72 bits per heavy atom. The molecule has 1 rings (SSSR count). The Morgan fingerprint density at radius 3 is 2.16 bits per heavy atom. The van der Waals surface area contributed by atoms with Crippen molar-refractivity contribution < 1.29 is 23.9 Å². The molecule has 1 fully saturated rings. The van der Waals surface area contributed by atoms with E-state index >= 15 is 0 Å². The van der Waals surface area contributed by atoms with Crippen molar-refractivity contribution in [1.29, 1.82) is 0 Å². The van der Waals surface area contributed by atoms with Gasteiger partial charge in [0.15, 0.2) is 8.32 Å². The average Bonchev–Trinajstić information content (AvgIpc) is 2.75. The first-order valence-corrected chi connectivity index (χ1v) is 11.6. The summed E-state index contributed by atoms with van der Waals surface area (Å²) in [5.74, 6) is -1.03. The Hall–Kier alpha value is -1.34. The maximum absolute atomic E-state index is 12.5. The minimum atomic E-state index is -1.97. The van der Waals surface area contributed by atoms with E-state index < -0.39 is 26.0 Å². The fraction of sp³-hybridized carbons (Fsp3) is 0.778. The van der Waals surface area contributed by atoms with Crippen LogP contribution >= 0.6 is 0 Å². The molecule has 0 saturated carbocycles. The topological polar surface area (TPSA) is 76.1 Å². The number of carboxylic acid groups (broad SMARTS) is 1. The van der Waals surface area contributed by atoms with Crippen LogP contribution in [0.2, 0.25) is 18.1 Å². The summed E-state index contributed by atoms with van der Waals surface area (Å²) >= 11 is 0. The Bertz CT molecular complexity index is 531. The van der Waals surface area contributed by atoms with Gasteiger partial charge in [0.1, 0.15) is 5.60 Å². The third-order valence-corrected chi connectivity index (χ3v) is 9.20. The van der Waals surface area contributed by atoms with E-state index in [1.807, 2.05) is 20.8 Å². The molecule has 0 bridgehead atoms. The van der Waals surface area contributed by atoms with Crippen molar-refractivity contribution in [3.63, 3.8) is 0 Å². The van der Waals surface area contributed by atoms with Gasteiger partial charge in [-0.3, -0.25) is 4.90 Å². The van der Waals surface area contributed by atoms with E-state index in [0.29, 0.717) is 13.0 Å². The summed E-state index contributed by atoms with van der Waals surface area (Å²) in [4.78, 5) is 24.9. The number of rotatable bonds is 4. The minimum absolute atomic E-state index is 0.0682. The first kappa shape index (κ1) is 21.7. The average molecular weight is 372 g/mol. The SMILES string of the molecule is CC(C)(C)OC(=O)N1C[C@H](O[Si](C)(C)C(C)(C)C)C[C@H]1C=CC(=O)O. The van der Waals surface area contributed by atoms with Gasteiger partial charge in [0.2, 0.25) is 0 Å². The van der Waals surface area contributed by atoms with Gasteiger partial charge in [-0.1, -0.05) is 26.8 Å². The molecular weight excluding hydrogens is 338 g/mol. The Labute approximate surface area is 152 Å². The molecule has 1 heterocycles. The molecule has 1 aliphatic heterocycles. The van der Waals surface area contributed by atoms with Crippen molar-refractivity contribution in [2.24, 2.45) is 0 Å². The van der Waals surface area contributed by atoms with E-state index in [9.17, 15) is 9.59 Å². The number of carboxylic acids is 1. The molecule has 7 heteroatoms. The third-order valence-electron chi connectivity index (χ3n) is 4.66. The second kappa shape index (κ2) is 7.49. The van der Waals surface area contributed by atoms with Gasteiger partial charge in [0.05, 0.1) is 12.1 Å². The van der Waals surface area contributed by atoms with Crippen molar-refractivity contribution in [1.82, 2.24) is 4.90 Å². The number of amides is 1. The number of likely N-dealkylation sites (tertiary alicyclic amines) is 1. The van der Waals surface area contributed by atoms with Crippen molar-refractivity contribution >= 4 is 20.4 Å². The standard InChI is InChI=1S/C18H33NO5Si/c1-17(2,3)23-16(22)19-12-14(11-13(19)9-10-15(20)21)24-25(7,8)18(4,5)6/h9-10,13-14H,11-12H2,1-8H3,(H,20,21)/t13-,14-/m1/s1. The second-order valence-electron chi connectivity index (χ2n) is 9.13. The number of ether oxygens (including phenoxy) is 1. The van der Waals surface area contributed by atoms with Gasteiger partial charge in [0.25, 0.3) is 0 Å². The molecule has 0 aromatic carbocycles. The highest BCUT2D eigenvalue weighted by molar-refractivity contribution is 6.74. The zero-order chi connectivity index (χ0) is 19.6. The fourth-order valence-corrected chi connectivity index (χ4v) is 3.77. The molecule has 0 aromatic rings. The first-order chi connectivity index (χ1) is 11.1. The van der Waals surface area contributed by atoms with Gasteiger partial charge >= 0.3 is 12.1 Å². The molecule has 0 radical (unpaired) electrons. The van der Waals surface area contributed by atoms with Crippen molar-refractivity contribution in [2.45, 2.75) is 83.8 Å². The van der Waals surface area contributed by atoms with Crippen molar-refractivity contribution in [2.75, 3.05) is 6.54 Å². The molecular formula is C18H33NO5Si. The molecule has 1 N–H and O–H groups in total. The van der Waals surface area contributed by atoms with E-state index in [2.05, 4.69) is 33.9 Å². The maximum Gasteiger partial charge on any atom is 0.410 e. The Kier molecular flexibility index (Phi) is 6.50. The van der Waals surface area contributed by atoms with E-state index in [1.165, 1.54) is 0 Å². The van der Waals surface area contributed by atoms with Crippen LogP contribution in [0.1, 0.15) is 48.0 Å². The van der Waals surface area contributed by atoms with Crippen LogP contribution in [0.25, 0.3) is 0 Å². The third kappa shape index (κ3) is 6.47. The monoisotopic (exact) mass is 371 g/mol. The van der Waals surface area contributed by atoms with Gasteiger partial charge in [-0.2, -0.15) is 0 Å². The summed E-state index contributed by atoms with van der Waals surface area (Å²) in [5, 5.41) is 8.97. The normalized spacial score (nSPS) is 22.5. The van der Waals surface area contributed by atoms with Gasteiger partial charge < -0.3 is 14.3 Å². The highest BCUT2D eigenvalue weighted by atomic mass is 28.4. The molecule has 0 spiro atoms.